The van der Waals surface area contributed by atoms with E-state index in [1.165, 1.54) is 0 Å². The number of hydrogen-bond donors (Lipinski definition) is 1. The molecule has 4 heteroatoms. The van der Waals surface area contributed by atoms with Gasteiger partial charge in [0.1, 0.15) is 11.5 Å². The molecule has 0 saturated carbocycles. The van der Waals surface area contributed by atoms with Crippen molar-refractivity contribution in [2.24, 2.45) is 0 Å². The largest absolute Gasteiger partial charge is 0.497 e. The number of hydrogen-bond acceptors (Lipinski definition) is 3. The highest BCUT2D eigenvalue weighted by molar-refractivity contribution is 5.80. The summed E-state index contributed by atoms with van der Waals surface area (Å²) in [7, 11) is 3.19. The molecule has 0 radical (unpaired) electrons. The summed E-state index contributed by atoms with van der Waals surface area (Å²) in [5, 5.41) is 2.92. The first-order valence-corrected chi connectivity index (χ1v) is 5.87. The van der Waals surface area contributed by atoms with E-state index < -0.39 is 0 Å². The summed E-state index contributed by atoms with van der Waals surface area (Å²) in [5.74, 6) is 1.38. The maximum absolute atomic E-state index is 11.9. The van der Waals surface area contributed by atoms with Crippen molar-refractivity contribution in [1.82, 2.24) is 5.32 Å². The summed E-state index contributed by atoms with van der Waals surface area (Å²) in [6.45, 7) is 5.86. The van der Waals surface area contributed by atoms with Crippen LogP contribution in [0, 0.1) is 0 Å². The van der Waals surface area contributed by atoms with Gasteiger partial charge in [-0.3, -0.25) is 4.79 Å². The average Bonchev–Trinajstić information content (AvgIpc) is 2.26. The van der Waals surface area contributed by atoms with Gasteiger partial charge < -0.3 is 14.8 Å². The van der Waals surface area contributed by atoms with Crippen LogP contribution in [-0.2, 0) is 11.2 Å². The minimum Gasteiger partial charge on any atom is -0.497 e. The summed E-state index contributed by atoms with van der Waals surface area (Å²) < 4.78 is 10.4. The van der Waals surface area contributed by atoms with Crippen molar-refractivity contribution in [1.29, 1.82) is 0 Å². The molecule has 0 aliphatic rings. The number of nitrogens with one attached hydrogen (secondary N) is 1. The van der Waals surface area contributed by atoms with E-state index in [1.807, 2.05) is 32.9 Å². The topological polar surface area (TPSA) is 47.6 Å². The Morgan fingerprint density at radius 2 is 1.89 bits per heavy atom. The first-order chi connectivity index (χ1) is 8.35. The molecule has 0 fully saturated rings. The lowest BCUT2D eigenvalue weighted by atomic mass is 10.1. The first-order valence-electron chi connectivity index (χ1n) is 5.87. The van der Waals surface area contributed by atoms with Crippen molar-refractivity contribution in [2.75, 3.05) is 14.2 Å². The maximum Gasteiger partial charge on any atom is 0.224 e. The third kappa shape index (κ3) is 4.28. The van der Waals surface area contributed by atoms with Crippen LogP contribution in [0.2, 0.25) is 0 Å². The molecule has 1 aromatic rings. The third-order valence-electron chi connectivity index (χ3n) is 2.35. The Morgan fingerprint density at radius 3 is 2.39 bits per heavy atom. The molecule has 0 bridgehead atoms. The molecule has 18 heavy (non-hydrogen) atoms. The second kappa shape index (κ2) is 5.76. The molecule has 0 heterocycles. The fraction of sp³-hybridized carbons (Fsp3) is 0.500. The van der Waals surface area contributed by atoms with Gasteiger partial charge in [0, 0.05) is 11.1 Å². The fourth-order valence-electron chi connectivity index (χ4n) is 1.66. The zero-order valence-electron chi connectivity index (χ0n) is 11.7. The highest BCUT2D eigenvalue weighted by Crippen LogP contribution is 2.24. The molecule has 0 aliphatic heterocycles. The molecule has 0 atom stereocenters. The monoisotopic (exact) mass is 251 g/mol. The molecule has 1 amide bonds. The Bertz CT molecular complexity index is 422. The van der Waals surface area contributed by atoms with E-state index in [9.17, 15) is 4.79 Å². The van der Waals surface area contributed by atoms with Crippen LogP contribution >= 0.6 is 0 Å². The van der Waals surface area contributed by atoms with Gasteiger partial charge in [-0.1, -0.05) is 0 Å². The van der Waals surface area contributed by atoms with Gasteiger partial charge in [-0.05, 0) is 39.0 Å². The normalized spacial score (nSPS) is 10.9. The van der Waals surface area contributed by atoms with Crippen LogP contribution in [0.15, 0.2) is 18.2 Å². The van der Waals surface area contributed by atoms with Crippen LogP contribution in [0.3, 0.4) is 0 Å². The van der Waals surface area contributed by atoms with E-state index >= 15 is 0 Å². The number of carbonyl (C=O) groups excluding carboxylic acids is 1. The molecule has 0 aliphatic carbocycles. The predicted octanol–water partition coefficient (Wildman–Crippen LogP) is 2.16. The Kier molecular flexibility index (Phi) is 4.59. The van der Waals surface area contributed by atoms with Crippen LogP contribution in [-0.4, -0.2) is 25.7 Å². The van der Waals surface area contributed by atoms with Gasteiger partial charge in [0.15, 0.2) is 0 Å². The molecule has 100 valence electrons. The molecule has 4 nitrogen and oxygen atoms in total. The number of benzene rings is 1. The first kappa shape index (κ1) is 14.4. The lowest BCUT2D eigenvalue weighted by Crippen LogP contribution is -2.41. The van der Waals surface area contributed by atoms with E-state index in [-0.39, 0.29) is 17.9 Å². The summed E-state index contributed by atoms with van der Waals surface area (Å²) >= 11 is 0. The summed E-state index contributed by atoms with van der Waals surface area (Å²) in [6, 6.07) is 5.43. The second-order valence-electron chi connectivity index (χ2n) is 5.15. The van der Waals surface area contributed by atoms with Gasteiger partial charge in [0.05, 0.1) is 20.6 Å². The van der Waals surface area contributed by atoms with Crippen molar-refractivity contribution in [3.8, 4) is 11.5 Å². The number of ether oxygens (including phenoxy) is 2. The molecule has 0 aromatic heterocycles. The van der Waals surface area contributed by atoms with Crippen LogP contribution in [0.25, 0.3) is 0 Å². The van der Waals surface area contributed by atoms with E-state index in [4.69, 9.17) is 9.47 Å². The standard InChI is InChI=1S/C14H21NO3/c1-14(2,3)15-13(16)9-10-8-11(17-4)6-7-12(10)18-5/h6-8H,9H2,1-5H3,(H,15,16). The molecule has 0 spiro atoms. The van der Waals surface area contributed by atoms with Crippen molar-refractivity contribution in [3.63, 3.8) is 0 Å². The zero-order chi connectivity index (χ0) is 13.8. The van der Waals surface area contributed by atoms with Crippen LogP contribution in [0.4, 0.5) is 0 Å². The smallest absolute Gasteiger partial charge is 0.224 e. The van der Waals surface area contributed by atoms with Gasteiger partial charge in [-0.15, -0.1) is 0 Å². The fourth-order valence-corrected chi connectivity index (χ4v) is 1.66. The molecule has 0 unspecified atom stereocenters. The predicted molar refractivity (Wildman–Crippen MR) is 71.1 cm³/mol. The minimum atomic E-state index is -0.233. The number of methoxy groups -OCH3 is 2. The van der Waals surface area contributed by atoms with Gasteiger partial charge >= 0.3 is 0 Å². The van der Waals surface area contributed by atoms with E-state index in [0.29, 0.717) is 11.5 Å². The quantitative estimate of drug-likeness (QED) is 0.892. The molecular formula is C14H21NO3. The van der Waals surface area contributed by atoms with Gasteiger partial charge in [0.2, 0.25) is 5.91 Å². The number of rotatable bonds is 4. The number of carbonyl (C=O) groups is 1. The minimum absolute atomic E-state index is 0.0333. The van der Waals surface area contributed by atoms with Crippen molar-refractivity contribution in [3.05, 3.63) is 23.8 Å². The van der Waals surface area contributed by atoms with Crippen molar-refractivity contribution < 1.29 is 14.3 Å². The molecule has 1 N–H and O–H groups in total. The van der Waals surface area contributed by atoms with Crippen molar-refractivity contribution in [2.45, 2.75) is 32.7 Å². The summed E-state index contributed by atoms with van der Waals surface area (Å²) in [4.78, 5) is 11.9. The lowest BCUT2D eigenvalue weighted by Gasteiger charge is -2.21. The van der Waals surface area contributed by atoms with E-state index in [1.54, 1.807) is 20.3 Å². The highest BCUT2D eigenvalue weighted by atomic mass is 16.5. The SMILES string of the molecule is COc1ccc(OC)c(CC(=O)NC(C)(C)C)c1. The van der Waals surface area contributed by atoms with Gasteiger partial charge in [0.25, 0.3) is 0 Å². The summed E-state index contributed by atoms with van der Waals surface area (Å²) in [6.07, 6.45) is 0.275. The second-order valence-corrected chi connectivity index (χ2v) is 5.15. The lowest BCUT2D eigenvalue weighted by molar-refractivity contribution is -0.121. The van der Waals surface area contributed by atoms with E-state index in [0.717, 1.165) is 5.56 Å². The Hall–Kier alpha value is -1.71. The highest BCUT2D eigenvalue weighted by Gasteiger charge is 2.16. The van der Waals surface area contributed by atoms with Gasteiger partial charge in [-0.2, -0.15) is 0 Å². The molecule has 1 aromatic carbocycles. The molecule has 1 rings (SSSR count). The van der Waals surface area contributed by atoms with Crippen LogP contribution in [0.1, 0.15) is 26.3 Å². The molecule has 0 saturated heterocycles. The summed E-state index contributed by atoms with van der Waals surface area (Å²) in [5.41, 5.74) is 0.585. The zero-order valence-corrected chi connectivity index (χ0v) is 11.7. The van der Waals surface area contributed by atoms with Crippen LogP contribution in [0.5, 0.6) is 11.5 Å². The van der Waals surface area contributed by atoms with Crippen molar-refractivity contribution >= 4 is 5.91 Å². The number of amides is 1. The Balaban J connectivity index is 2.85. The Labute approximate surface area is 108 Å². The third-order valence-corrected chi connectivity index (χ3v) is 2.35. The average molecular weight is 251 g/mol. The molecular weight excluding hydrogens is 230 g/mol. The Morgan fingerprint density at radius 1 is 1.22 bits per heavy atom. The van der Waals surface area contributed by atoms with Gasteiger partial charge in [-0.25, -0.2) is 0 Å². The maximum atomic E-state index is 11.9. The van der Waals surface area contributed by atoms with E-state index in [2.05, 4.69) is 5.32 Å². The van der Waals surface area contributed by atoms with Crippen LogP contribution < -0.4 is 14.8 Å².